The molecule has 1 aliphatic rings. The third kappa shape index (κ3) is 4.12. The molecule has 8 heteroatoms. The fourth-order valence-corrected chi connectivity index (χ4v) is 3.68. The molecule has 0 saturated carbocycles. The van der Waals surface area contributed by atoms with Crippen LogP contribution in [-0.2, 0) is 9.53 Å². The molecule has 3 N–H and O–H groups in total. The Hall–Kier alpha value is -2.88. The van der Waals surface area contributed by atoms with Gasteiger partial charge < -0.3 is 10.1 Å². The SMILES string of the molecule is CC(C)(C)OC(=O)Nc1ccc2c(c1)C(=Cc1ccc3c(I)n[nH]c3c1)C(=O)N2. The maximum atomic E-state index is 12.5. The zero-order valence-electron chi connectivity index (χ0n) is 16.1. The summed E-state index contributed by atoms with van der Waals surface area (Å²) in [5, 5.41) is 13.8. The monoisotopic (exact) mass is 502 g/mol. The lowest BCUT2D eigenvalue weighted by Crippen LogP contribution is -2.27. The van der Waals surface area contributed by atoms with Gasteiger partial charge in [0.2, 0.25) is 0 Å². The average molecular weight is 502 g/mol. The standard InChI is InChI=1S/C21H19IN4O3/c1-21(2,3)29-20(28)23-12-5-7-16-14(10-12)15(19(27)24-16)8-11-4-6-13-17(9-11)25-26-18(13)22/h4-10H,1-3H3,(H,23,28)(H,24,27)(H,25,26). The minimum atomic E-state index is -0.591. The van der Waals surface area contributed by atoms with Crippen molar-refractivity contribution in [1.29, 1.82) is 0 Å². The summed E-state index contributed by atoms with van der Waals surface area (Å²) >= 11 is 2.17. The highest BCUT2D eigenvalue weighted by Crippen LogP contribution is 2.35. The number of aromatic amines is 1. The molecule has 0 fully saturated rings. The number of aromatic nitrogens is 2. The number of rotatable bonds is 2. The second kappa shape index (κ2) is 7.18. The quantitative estimate of drug-likeness (QED) is 0.339. The Kier molecular flexibility index (Phi) is 4.81. The van der Waals surface area contributed by atoms with Crippen LogP contribution < -0.4 is 10.6 Å². The van der Waals surface area contributed by atoms with Crippen molar-refractivity contribution in [2.45, 2.75) is 26.4 Å². The second-order valence-electron chi connectivity index (χ2n) is 7.72. The number of hydrogen-bond donors (Lipinski definition) is 3. The number of benzene rings is 2. The second-order valence-corrected chi connectivity index (χ2v) is 8.74. The molecule has 29 heavy (non-hydrogen) atoms. The van der Waals surface area contributed by atoms with Crippen LogP contribution in [0.3, 0.4) is 0 Å². The first-order chi connectivity index (χ1) is 13.7. The first-order valence-corrected chi connectivity index (χ1v) is 10.1. The van der Waals surface area contributed by atoms with Crippen molar-refractivity contribution in [3.05, 3.63) is 51.2 Å². The summed E-state index contributed by atoms with van der Waals surface area (Å²) in [7, 11) is 0. The number of nitrogens with one attached hydrogen (secondary N) is 3. The van der Waals surface area contributed by atoms with Crippen molar-refractivity contribution >= 4 is 68.5 Å². The smallest absolute Gasteiger partial charge is 0.412 e. The molecule has 0 bridgehead atoms. The van der Waals surface area contributed by atoms with Gasteiger partial charge in [-0.1, -0.05) is 6.07 Å². The summed E-state index contributed by atoms with van der Waals surface area (Å²) in [6.45, 7) is 5.41. The number of carbonyl (C=O) groups excluding carboxylic acids is 2. The maximum Gasteiger partial charge on any atom is 0.412 e. The topological polar surface area (TPSA) is 96.1 Å². The fraction of sp³-hybridized carbons (Fsp3) is 0.190. The largest absolute Gasteiger partial charge is 0.444 e. The van der Waals surface area contributed by atoms with Gasteiger partial charge in [0, 0.05) is 27.9 Å². The third-order valence-corrected chi connectivity index (χ3v) is 5.12. The van der Waals surface area contributed by atoms with E-state index in [0.717, 1.165) is 25.7 Å². The van der Waals surface area contributed by atoms with E-state index in [1.165, 1.54) is 0 Å². The van der Waals surface area contributed by atoms with Crippen LogP contribution in [0.4, 0.5) is 16.2 Å². The summed E-state index contributed by atoms with van der Waals surface area (Å²) in [6.07, 6.45) is 1.28. The van der Waals surface area contributed by atoms with Crippen molar-refractivity contribution in [2.24, 2.45) is 0 Å². The van der Waals surface area contributed by atoms with Crippen LogP contribution in [-0.4, -0.2) is 27.8 Å². The van der Waals surface area contributed by atoms with E-state index in [4.69, 9.17) is 4.74 Å². The molecule has 0 unspecified atom stereocenters. The highest BCUT2D eigenvalue weighted by molar-refractivity contribution is 14.1. The van der Waals surface area contributed by atoms with E-state index in [1.54, 1.807) is 39.0 Å². The lowest BCUT2D eigenvalue weighted by molar-refractivity contribution is -0.110. The average Bonchev–Trinajstić information content (AvgIpc) is 3.14. The maximum absolute atomic E-state index is 12.5. The summed E-state index contributed by atoms with van der Waals surface area (Å²) in [6, 6.07) is 11.1. The van der Waals surface area contributed by atoms with E-state index in [2.05, 4.69) is 43.4 Å². The lowest BCUT2D eigenvalue weighted by Gasteiger charge is -2.19. The molecule has 0 atom stereocenters. The van der Waals surface area contributed by atoms with Crippen LogP contribution >= 0.6 is 22.6 Å². The molecule has 0 radical (unpaired) electrons. The van der Waals surface area contributed by atoms with Gasteiger partial charge in [-0.3, -0.25) is 15.2 Å². The van der Waals surface area contributed by atoms with Crippen LogP contribution in [0.5, 0.6) is 0 Å². The van der Waals surface area contributed by atoms with Crippen LogP contribution in [0.2, 0.25) is 0 Å². The predicted molar refractivity (Wildman–Crippen MR) is 122 cm³/mol. The van der Waals surface area contributed by atoms with Gasteiger partial charge in [0.1, 0.15) is 9.30 Å². The fourth-order valence-electron chi connectivity index (χ4n) is 3.09. The molecule has 148 valence electrons. The van der Waals surface area contributed by atoms with Crippen molar-refractivity contribution in [3.63, 3.8) is 0 Å². The zero-order chi connectivity index (χ0) is 20.8. The number of carbonyl (C=O) groups is 2. The third-order valence-electron chi connectivity index (χ3n) is 4.30. The summed E-state index contributed by atoms with van der Waals surface area (Å²) in [5.74, 6) is -0.186. The Bertz CT molecular complexity index is 1170. The van der Waals surface area contributed by atoms with Gasteiger partial charge in [-0.25, -0.2) is 4.79 Å². The summed E-state index contributed by atoms with van der Waals surface area (Å²) < 4.78 is 6.19. The molecule has 1 aromatic heterocycles. The summed E-state index contributed by atoms with van der Waals surface area (Å²) in [4.78, 5) is 24.6. The van der Waals surface area contributed by atoms with Gasteiger partial charge in [0.25, 0.3) is 5.91 Å². The number of amides is 2. The number of anilines is 2. The van der Waals surface area contributed by atoms with Crippen molar-refractivity contribution in [2.75, 3.05) is 10.6 Å². The molecule has 0 saturated heterocycles. The molecular weight excluding hydrogens is 483 g/mol. The predicted octanol–water partition coefficient (Wildman–Crippen LogP) is 5.01. The number of H-pyrrole nitrogens is 1. The normalized spacial score (nSPS) is 14.8. The molecule has 2 aromatic carbocycles. The molecule has 2 amide bonds. The number of ether oxygens (including phenoxy) is 1. The lowest BCUT2D eigenvalue weighted by atomic mass is 10.0. The van der Waals surface area contributed by atoms with E-state index in [1.807, 2.05) is 24.3 Å². The van der Waals surface area contributed by atoms with Crippen LogP contribution in [0.15, 0.2) is 36.4 Å². The minimum absolute atomic E-state index is 0.186. The molecule has 0 aliphatic carbocycles. The number of nitrogens with zero attached hydrogens (tertiary/aromatic N) is 1. The van der Waals surface area contributed by atoms with E-state index < -0.39 is 11.7 Å². The highest BCUT2D eigenvalue weighted by atomic mass is 127. The molecule has 2 heterocycles. The highest BCUT2D eigenvalue weighted by Gasteiger charge is 2.25. The molecule has 4 rings (SSSR count). The van der Waals surface area contributed by atoms with E-state index in [9.17, 15) is 9.59 Å². The van der Waals surface area contributed by atoms with E-state index >= 15 is 0 Å². The molecule has 7 nitrogen and oxygen atoms in total. The Labute approximate surface area is 181 Å². The Morgan fingerprint density at radius 3 is 2.76 bits per heavy atom. The van der Waals surface area contributed by atoms with E-state index in [0.29, 0.717) is 16.9 Å². The van der Waals surface area contributed by atoms with Crippen molar-refractivity contribution in [3.8, 4) is 0 Å². The van der Waals surface area contributed by atoms with Crippen LogP contribution in [0, 0.1) is 3.70 Å². The Morgan fingerprint density at radius 1 is 1.21 bits per heavy atom. The number of fused-ring (bicyclic) bond motifs is 2. The minimum Gasteiger partial charge on any atom is -0.444 e. The molecule has 1 aliphatic heterocycles. The molecular formula is C21H19IN4O3. The molecule has 0 spiro atoms. The van der Waals surface area contributed by atoms with Gasteiger partial charge in [-0.05, 0) is 85.3 Å². The van der Waals surface area contributed by atoms with Gasteiger partial charge in [-0.15, -0.1) is 0 Å². The molecule has 3 aromatic rings. The first-order valence-electron chi connectivity index (χ1n) is 9.01. The number of halogens is 1. The Morgan fingerprint density at radius 2 is 2.00 bits per heavy atom. The van der Waals surface area contributed by atoms with Crippen LogP contribution in [0.25, 0.3) is 22.6 Å². The van der Waals surface area contributed by atoms with Gasteiger partial charge in [0.15, 0.2) is 0 Å². The first kappa shape index (κ1) is 19.4. The summed E-state index contributed by atoms with van der Waals surface area (Å²) in [5.41, 5.74) is 3.70. The van der Waals surface area contributed by atoms with Gasteiger partial charge in [-0.2, -0.15) is 5.10 Å². The van der Waals surface area contributed by atoms with Crippen molar-refractivity contribution in [1.82, 2.24) is 10.2 Å². The Balaban J connectivity index is 1.65. The van der Waals surface area contributed by atoms with Crippen molar-refractivity contribution < 1.29 is 14.3 Å². The zero-order valence-corrected chi connectivity index (χ0v) is 18.2. The number of hydrogen-bond acceptors (Lipinski definition) is 4. The van der Waals surface area contributed by atoms with Crippen LogP contribution in [0.1, 0.15) is 31.9 Å². The van der Waals surface area contributed by atoms with Gasteiger partial charge in [0.05, 0.1) is 5.52 Å². The van der Waals surface area contributed by atoms with E-state index in [-0.39, 0.29) is 5.91 Å². The van der Waals surface area contributed by atoms with Gasteiger partial charge >= 0.3 is 6.09 Å².